The maximum atomic E-state index is 13.3. The Morgan fingerprint density at radius 1 is 1.17 bits per heavy atom. The van der Waals surface area contributed by atoms with Crippen molar-refractivity contribution in [1.29, 1.82) is 0 Å². The predicted octanol–water partition coefficient (Wildman–Crippen LogP) is 2.74. The van der Waals surface area contributed by atoms with Gasteiger partial charge in [-0.25, -0.2) is 4.79 Å². The van der Waals surface area contributed by atoms with E-state index in [2.05, 4.69) is 9.72 Å². The molecule has 0 amide bonds. The van der Waals surface area contributed by atoms with E-state index < -0.39 is 39.3 Å². The fraction of sp³-hybridized carbons (Fsp3) is 0.250. The fourth-order valence-electron chi connectivity index (χ4n) is 1.82. The Bertz CT molecular complexity index is 840. The van der Waals surface area contributed by atoms with Gasteiger partial charge in [-0.1, -0.05) is 18.2 Å². The van der Waals surface area contributed by atoms with Crippen molar-refractivity contribution in [2.45, 2.75) is 17.5 Å². The maximum absolute atomic E-state index is 13.3. The van der Waals surface area contributed by atoms with Crippen molar-refractivity contribution in [3.05, 3.63) is 36.0 Å². The number of hydrogen-bond acceptors (Lipinski definition) is 4. The lowest BCUT2D eigenvalue weighted by atomic mass is 10.2. The highest BCUT2D eigenvalue weighted by atomic mass is 32.2. The minimum Gasteiger partial charge on any atom is -0.440 e. The second-order valence-electron chi connectivity index (χ2n) is 4.63. The average Bonchev–Trinajstić information content (AvgIpc) is 2.85. The lowest BCUT2D eigenvalue weighted by molar-refractivity contribution is -0.248. The Morgan fingerprint density at radius 3 is 2.25 bits per heavy atom. The van der Waals surface area contributed by atoms with E-state index >= 15 is 0 Å². The van der Waals surface area contributed by atoms with Gasteiger partial charge in [0.05, 0.1) is 0 Å². The first-order valence-electron chi connectivity index (χ1n) is 6.04. The van der Waals surface area contributed by atoms with Crippen LogP contribution in [0.5, 0.6) is 0 Å². The van der Waals surface area contributed by atoms with E-state index in [1.807, 2.05) is 0 Å². The van der Waals surface area contributed by atoms with Crippen LogP contribution in [0.1, 0.15) is 10.5 Å². The smallest absolute Gasteiger partial charge is 0.432 e. The van der Waals surface area contributed by atoms with Crippen molar-refractivity contribution < 1.29 is 44.5 Å². The zero-order valence-electron chi connectivity index (χ0n) is 11.3. The van der Waals surface area contributed by atoms with Crippen LogP contribution in [0.15, 0.2) is 30.3 Å². The summed E-state index contributed by atoms with van der Waals surface area (Å²) in [5.41, 5.74) is -0.286. The van der Waals surface area contributed by atoms with Gasteiger partial charge in [0.1, 0.15) is 5.69 Å². The topological polar surface area (TPSA) is 96.5 Å². The number of aromatic amines is 1. The third kappa shape index (κ3) is 3.33. The fourth-order valence-corrected chi connectivity index (χ4v) is 2.27. The highest BCUT2D eigenvalue weighted by Gasteiger charge is 2.66. The van der Waals surface area contributed by atoms with Gasteiger partial charge in [0.2, 0.25) is 0 Å². The summed E-state index contributed by atoms with van der Waals surface area (Å²) in [6.07, 6.45) is -10.3. The van der Waals surface area contributed by atoms with Crippen LogP contribution in [-0.4, -0.2) is 41.5 Å². The van der Waals surface area contributed by atoms with Gasteiger partial charge >= 0.3 is 27.5 Å². The molecule has 0 aliphatic heterocycles. The van der Waals surface area contributed by atoms with E-state index in [0.29, 0.717) is 10.9 Å². The number of carbonyl (C=O) groups is 1. The minimum absolute atomic E-state index is 0.314. The maximum Gasteiger partial charge on any atom is 0.432 e. The SMILES string of the molecule is O=C(OC(C(F)(F)F)C(F)(F)S(=O)(=O)O)c1cc2ccccc2[nH]1. The van der Waals surface area contributed by atoms with Gasteiger partial charge in [-0.15, -0.1) is 0 Å². The number of halogens is 5. The summed E-state index contributed by atoms with van der Waals surface area (Å²) < 4.78 is 97.7. The van der Waals surface area contributed by atoms with Gasteiger partial charge in [0.25, 0.3) is 6.10 Å². The summed E-state index contributed by atoms with van der Waals surface area (Å²) in [6, 6.07) is 7.07. The number of carbonyl (C=O) groups excluding carboxylic acids is 1. The average molecular weight is 373 g/mol. The highest BCUT2D eigenvalue weighted by molar-refractivity contribution is 7.86. The molecule has 1 aromatic carbocycles. The number of rotatable bonds is 4. The zero-order valence-corrected chi connectivity index (χ0v) is 12.2. The number of fused-ring (bicyclic) bond motifs is 1. The molecule has 0 aliphatic carbocycles. The molecule has 1 aromatic heterocycles. The van der Waals surface area contributed by atoms with Crippen LogP contribution in [0.2, 0.25) is 0 Å². The number of esters is 1. The number of benzene rings is 1. The molecule has 1 heterocycles. The van der Waals surface area contributed by atoms with E-state index in [1.165, 1.54) is 12.1 Å². The van der Waals surface area contributed by atoms with Crippen molar-refractivity contribution >= 4 is 27.0 Å². The van der Waals surface area contributed by atoms with Crippen LogP contribution in [-0.2, 0) is 14.9 Å². The molecule has 0 fully saturated rings. The Hall–Kier alpha value is -2.21. The molecule has 12 heteroatoms. The van der Waals surface area contributed by atoms with Gasteiger partial charge in [0.15, 0.2) is 0 Å². The number of nitrogens with one attached hydrogen (secondary N) is 1. The van der Waals surface area contributed by atoms with Crippen LogP contribution >= 0.6 is 0 Å². The Morgan fingerprint density at radius 2 is 1.75 bits per heavy atom. The third-order valence-corrected chi connectivity index (χ3v) is 3.82. The molecule has 0 saturated carbocycles. The molecule has 2 aromatic rings. The lowest BCUT2D eigenvalue weighted by Crippen LogP contribution is -2.52. The molecule has 0 spiro atoms. The minimum atomic E-state index is -6.48. The van der Waals surface area contributed by atoms with E-state index in [-0.39, 0.29) is 0 Å². The van der Waals surface area contributed by atoms with E-state index in [1.54, 1.807) is 12.1 Å². The van der Waals surface area contributed by atoms with Crippen LogP contribution < -0.4 is 0 Å². The monoisotopic (exact) mass is 373 g/mol. The van der Waals surface area contributed by atoms with Crippen molar-refractivity contribution in [2.24, 2.45) is 0 Å². The van der Waals surface area contributed by atoms with E-state index in [4.69, 9.17) is 4.55 Å². The summed E-state index contributed by atoms with van der Waals surface area (Å²) in [7, 11) is -6.48. The number of hydrogen-bond donors (Lipinski definition) is 2. The Labute approximate surface area is 131 Å². The summed E-state index contributed by atoms with van der Waals surface area (Å²) >= 11 is 0. The van der Waals surface area contributed by atoms with Crippen molar-refractivity contribution in [1.82, 2.24) is 4.98 Å². The number of alkyl halides is 5. The molecule has 1 atom stereocenters. The molecule has 0 saturated heterocycles. The molecule has 0 radical (unpaired) electrons. The molecule has 132 valence electrons. The standard InChI is InChI=1S/C12H8F5NO5S/c13-11(14,15)10(12(16,17)24(20,21)22)23-9(19)8-5-6-3-1-2-4-7(6)18-8/h1-5,10,18H,(H,20,21,22). The summed E-state index contributed by atoms with van der Waals surface area (Å²) in [5.74, 6) is -1.86. The largest absolute Gasteiger partial charge is 0.440 e. The first-order chi connectivity index (χ1) is 10.8. The van der Waals surface area contributed by atoms with Gasteiger partial charge < -0.3 is 9.72 Å². The number of ether oxygens (including phenoxy) is 1. The molecule has 0 aliphatic rings. The predicted molar refractivity (Wildman–Crippen MR) is 70.1 cm³/mol. The van der Waals surface area contributed by atoms with Crippen molar-refractivity contribution in [3.8, 4) is 0 Å². The van der Waals surface area contributed by atoms with Gasteiger partial charge in [-0.05, 0) is 12.1 Å². The number of H-pyrrole nitrogens is 1. The normalized spacial score (nSPS) is 14.6. The van der Waals surface area contributed by atoms with E-state index in [9.17, 15) is 35.2 Å². The molecule has 24 heavy (non-hydrogen) atoms. The van der Waals surface area contributed by atoms with Crippen LogP contribution in [0.25, 0.3) is 10.9 Å². The Balaban J connectivity index is 2.38. The van der Waals surface area contributed by atoms with Crippen molar-refractivity contribution in [3.63, 3.8) is 0 Å². The van der Waals surface area contributed by atoms with Gasteiger partial charge in [-0.2, -0.15) is 30.4 Å². The summed E-state index contributed by atoms with van der Waals surface area (Å²) in [5, 5.41) is -5.39. The van der Waals surface area contributed by atoms with Crippen molar-refractivity contribution in [2.75, 3.05) is 0 Å². The molecular weight excluding hydrogens is 365 g/mol. The Kier molecular flexibility index (Phi) is 4.31. The number of para-hydroxylation sites is 1. The molecule has 1 unspecified atom stereocenters. The van der Waals surface area contributed by atoms with E-state index in [0.717, 1.165) is 6.07 Å². The second-order valence-corrected chi connectivity index (χ2v) is 6.13. The first-order valence-corrected chi connectivity index (χ1v) is 7.48. The lowest BCUT2D eigenvalue weighted by Gasteiger charge is -2.25. The summed E-state index contributed by atoms with van der Waals surface area (Å²) in [6.45, 7) is 0. The quantitative estimate of drug-likeness (QED) is 0.488. The van der Waals surface area contributed by atoms with Crippen LogP contribution in [0.3, 0.4) is 0 Å². The summed E-state index contributed by atoms with van der Waals surface area (Å²) in [4.78, 5) is 14.0. The molecular formula is C12H8F5NO5S. The zero-order chi connectivity index (χ0) is 18.3. The molecule has 0 bridgehead atoms. The van der Waals surface area contributed by atoms with Gasteiger partial charge in [-0.3, -0.25) is 4.55 Å². The molecule has 2 N–H and O–H groups in total. The van der Waals surface area contributed by atoms with Crippen LogP contribution in [0.4, 0.5) is 22.0 Å². The van der Waals surface area contributed by atoms with Crippen LogP contribution in [0, 0.1) is 0 Å². The third-order valence-electron chi connectivity index (χ3n) is 2.92. The highest BCUT2D eigenvalue weighted by Crippen LogP contribution is 2.38. The molecule has 2 rings (SSSR count). The first kappa shape index (κ1) is 18.1. The second kappa shape index (κ2) is 5.70. The number of aromatic nitrogens is 1. The molecule has 6 nitrogen and oxygen atoms in total. The van der Waals surface area contributed by atoms with Gasteiger partial charge in [0, 0.05) is 10.9 Å².